The number of para-hydroxylation sites is 1. The van der Waals surface area contributed by atoms with Crippen molar-refractivity contribution in [3.63, 3.8) is 0 Å². The molecule has 0 saturated heterocycles. The summed E-state index contributed by atoms with van der Waals surface area (Å²) in [7, 11) is 4.04. The summed E-state index contributed by atoms with van der Waals surface area (Å²) in [6.45, 7) is 3.85. The molecule has 0 aliphatic carbocycles. The van der Waals surface area contributed by atoms with Crippen LogP contribution in [0.25, 0.3) is 11.3 Å². The van der Waals surface area contributed by atoms with E-state index in [0.29, 0.717) is 17.3 Å². The summed E-state index contributed by atoms with van der Waals surface area (Å²) in [4.78, 5) is 10.9. The molecule has 0 aliphatic rings. The summed E-state index contributed by atoms with van der Waals surface area (Å²) < 4.78 is 0. The number of benzene rings is 2. The second kappa shape index (κ2) is 7.95. The number of azo groups is 1. The number of aromatic nitrogens is 2. The van der Waals surface area contributed by atoms with E-state index in [1.54, 1.807) is 0 Å². The maximum Gasteiger partial charge on any atom is 0.177 e. The normalized spacial score (nSPS) is 12.3. The lowest BCUT2D eigenvalue weighted by molar-refractivity contribution is 0.759. The third-order valence-corrected chi connectivity index (χ3v) is 4.29. The van der Waals surface area contributed by atoms with Gasteiger partial charge in [0, 0.05) is 37.1 Å². The number of aryl methyl sites for hydroxylation is 1. The average molecular weight is 360 g/mol. The molecular formula is C21H24N6. The van der Waals surface area contributed by atoms with Crippen molar-refractivity contribution in [3.8, 4) is 11.3 Å². The van der Waals surface area contributed by atoms with E-state index >= 15 is 0 Å². The van der Waals surface area contributed by atoms with E-state index < -0.39 is 0 Å². The van der Waals surface area contributed by atoms with Crippen LogP contribution >= 0.6 is 0 Å². The first-order valence-corrected chi connectivity index (χ1v) is 8.83. The molecule has 0 fully saturated rings. The Balaban J connectivity index is 1.83. The van der Waals surface area contributed by atoms with Crippen molar-refractivity contribution < 1.29 is 0 Å². The maximum atomic E-state index is 6.07. The highest BCUT2D eigenvalue weighted by Gasteiger charge is 2.08. The van der Waals surface area contributed by atoms with Crippen LogP contribution in [0.3, 0.4) is 0 Å². The number of hydrogen-bond donors (Lipinski definition) is 1. The Morgan fingerprint density at radius 3 is 2.37 bits per heavy atom. The molecule has 2 aromatic carbocycles. The van der Waals surface area contributed by atoms with Crippen molar-refractivity contribution >= 4 is 17.2 Å². The minimum atomic E-state index is -0.0678. The van der Waals surface area contributed by atoms with Crippen molar-refractivity contribution in [2.45, 2.75) is 19.9 Å². The maximum absolute atomic E-state index is 6.07. The molecule has 0 bridgehead atoms. The molecule has 138 valence electrons. The fourth-order valence-corrected chi connectivity index (χ4v) is 2.73. The number of nitrogens with two attached hydrogens (primary N) is 1. The van der Waals surface area contributed by atoms with E-state index in [0.717, 1.165) is 22.5 Å². The molecule has 0 spiro atoms. The van der Waals surface area contributed by atoms with Gasteiger partial charge in [-0.25, -0.2) is 9.97 Å². The third-order valence-electron chi connectivity index (χ3n) is 4.29. The summed E-state index contributed by atoms with van der Waals surface area (Å²) in [6.07, 6.45) is 0. The first-order chi connectivity index (χ1) is 12.9. The van der Waals surface area contributed by atoms with Crippen LogP contribution < -0.4 is 10.6 Å². The molecule has 1 atom stereocenters. The first-order valence-electron chi connectivity index (χ1n) is 8.83. The van der Waals surface area contributed by atoms with Crippen molar-refractivity contribution in [1.82, 2.24) is 9.97 Å². The van der Waals surface area contributed by atoms with Crippen molar-refractivity contribution in [1.29, 1.82) is 0 Å². The highest BCUT2D eigenvalue weighted by Crippen LogP contribution is 2.27. The van der Waals surface area contributed by atoms with Gasteiger partial charge in [0.2, 0.25) is 0 Å². The Bertz CT molecular complexity index is 947. The van der Waals surface area contributed by atoms with Crippen LogP contribution in [-0.2, 0) is 0 Å². The zero-order chi connectivity index (χ0) is 19.4. The van der Waals surface area contributed by atoms with E-state index in [9.17, 15) is 0 Å². The Morgan fingerprint density at radius 2 is 1.70 bits per heavy atom. The summed E-state index contributed by atoms with van der Waals surface area (Å²) in [5, 5.41) is 8.77. The van der Waals surface area contributed by atoms with Gasteiger partial charge in [0.15, 0.2) is 5.82 Å². The molecular weight excluding hydrogens is 336 g/mol. The Kier molecular flexibility index (Phi) is 5.45. The molecule has 6 heteroatoms. The van der Waals surface area contributed by atoms with Crippen LogP contribution in [0.5, 0.6) is 0 Å². The quantitative estimate of drug-likeness (QED) is 0.516. The lowest BCUT2D eigenvalue weighted by atomic mass is 10.1. The second-order valence-corrected chi connectivity index (χ2v) is 6.62. The molecule has 0 saturated carbocycles. The van der Waals surface area contributed by atoms with E-state index in [1.165, 1.54) is 0 Å². The van der Waals surface area contributed by atoms with E-state index in [-0.39, 0.29) is 6.04 Å². The van der Waals surface area contributed by atoms with Crippen LogP contribution in [0, 0.1) is 6.92 Å². The molecule has 1 heterocycles. The smallest absolute Gasteiger partial charge is 0.177 e. The topological polar surface area (TPSA) is 79.8 Å². The number of anilines is 2. The molecule has 0 amide bonds. The lowest BCUT2D eigenvalue weighted by Crippen LogP contribution is -2.08. The van der Waals surface area contributed by atoms with E-state index in [4.69, 9.17) is 5.73 Å². The van der Waals surface area contributed by atoms with Crippen LogP contribution in [0.15, 0.2) is 64.8 Å². The summed E-state index contributed by atoms with van der Waals surface area (Å²) in [6, 6.07) is 17.7. The van der Waals surface area contributed by atoms with E-state index in [1.807, 2.05) is 58.3 Å². The minimum Gasteiger partial charge on any atom is -0.398 e. The number of hydrogen-bond acceptors (Lipinski definition) is 6. The number of rotatable bonds is 5. The average Bonchev–Trinajstić information content (AvgIpc) is 2.66. The predicted molar refractivity (Wildman–Crippen MR) is 110 cm³/mol. The molecule has 3 aromatic rings. The zero-order valence-electron chi connectivity index (χ0n) is 16.1. The second-order valence-electron chi connectivity index (χ2n) is 6.62. The predicted octanol–water partition coefficient (Wildman–Crippen LogP) is 4.95. The lowest BCUT2D eigenvalue weighted by Gasteiger charge is -2.13. The van der Waals surface area contributed by atoms with Gasteiger partial charge in [0.25, 0.3) is 0 Å². The molecule has 1 aromatic heterocycles. The van der Waals surface area contributed by atoms with Crippen molar-refractivity contribution in [2.75, 3.05) is 24.7 Å². The fourth-order valence-electron chi connectivity index (χ4n) is 2.73. The monoisotopic (exact) mass is 360 g/mol. The van der Waals surface area contributed by atoms with Gasteiger partial charge >= 0.3 is 0 Å². The Labute approximate surface area is 159 Å². The highest BCUT2D eigenvalue weighted by molar-refractivity contribution is 5.74. The van der Waals surface area contributed by atoms with Crippen molar-refractivity contribution in [3.05, 3.63) is 66.0 Å². The Morgan fingerprint density at radius 1 is 1.00 bits per heavy atom. The zero-order valence-corrected chi connectivity index (χ0v) is 16.1. The highest BCUT2D eigenvalue weighted by atomic mass is 15.2. The molecule has 27 heavy (non-hydrogen) atoms. The van der Waals surface area contributed by atoms with Crippen LogP contribution in [0.1, 0.15) is 24.4 Å². The van der Waals surface area contributed by atoms with Crippen LogP contribution in [0.4, 0.5) is 17.2 Å². The molecule has 3 rings (SSSR count). The Hall–Kier alpha value is -3.28. The molecule has 6 nitrogen and oxygen atoms in total. The van der Waals surface area contributed by atoms with Gasteiger partial charge in [-0.15, -0.1) is 5.11 Å². The number of nitrogens with zero attached hydrogens (tertiary/aromatic N) is 5. The fraction of sp³-hybridized carbons (Fsp3) is 0.238. The van der Waals surface area contributed by atoms with Gasteiger partial charge in [-0.2, -0.15) is 5.11 Å². The van der Waals surface area contributed by atoms with Gasteiger partial charge in [0.1, 0.15) is 5.82 Å². The van der Waals surface area contributed by atoms with Gasteiger partial charge in [-0.05, 0) is 37.6 Å². The summed E-state index contributed by atoms with van der Waals surface area (Å²) >= 11 is 0. The summed E-state index contributed by atoms with van der Waals surface area (Å²) in [5.41, 5.74) is 10.6. The van der Waals surface area contributed by atoms with Crippen LogP contribution in [-0.4, -0.2) is 24.1 Å². The summed E-state index contributed by atoms with van der Waals surface area (Å²) in [5.74, 6) is 1.16. The van der Waals surface area contributed by atoms with Gasteiger partial charge in [0.05, 0.1) is 11.7 Å². The van der Waals surface area contributed by atoms with Gasteiger partial charge < -0.3 is 10.6 Å². The molecule has 1 unspecified atom stereocenters. The number of nitrogen functional groups attached to an aromatic ring is 1. The third kappa shape index (κ3) is 4.47. The molecule has 0 radical (unpaired) electrons. The minimum absolute atomic E-state index is 0.0678. The standard InChI is InChI=1S/C21H24N6/c1-14(16-9-11-17(12-10-16)27(3)4)25-26-21-13-20(23-15(2)24-21)18-7-5-6-8-19(18)22/h5-14H,22H2,1-4H3. The van der Waals surface area contributed by atoms with E-state index in [2.05, 4.69) is 49.4 Å². The van der Waals surface area contributed by atoms with Crippen LogP contribution in [0.2, 0.25) is 0 Å². The largest absolute Gasteiger partial charge is 0.398 e. The van der Waals surface area contributed by atoms with Gasteiger partial charge in [-0.3, -0.25) is 0 Å². The molecule has 0 aliphatic heterocycles. The van der Waals surface area contributed by atoms with Crippen molar-refractivity contribution in [2.24, 2.45) is 10.2 Å². The SMILES string of the molecule is Cc1nc(N=NC(C)c2ccc(N(C)C)cc2)cc(-c2ccccc2N)n1. The molecule has 2 N–H and O–H groups in total. The first kappa shape index (κ1) is 18.5. The van der Waals surface area contributed by atoms with Gasteiger partial charge in [-0.1, -0.05) is 30.3 Å².